The smallest absolute Gasteiger partial charge is 0.234 e. The average molecular weight is 403 g/mol. The van der Waals surface area contributed by atoms with E-state index in [4.69, 9.17) is 0 Å². The van der Waals surface area contributed by atoms with Crippen molar-refractivity contribution in [1.29, 1.82) is 0 Å². The molecule has 0 radical (unpaired) electrons. The topological polar surface area (TPSA) is 41.1 Å². The summed E-state index contributed by atoms with van der Waals surface area (Å²) in [6.07, 6.45) is 16.5. The lowest BCUT2D eigenvalue weighted by Crippen LogP contribution is -2.53. The maximum absolute atomic E-state index is 12.1. The van der Waals surface area contributed by atoms with Gasteiger partial charge in [-0.05, 0) is 104 Å². The highest BCUT2D eigenvalue weighted by atomic mass is 16.2. The summed E-state index contributed by atoms with van der Waals surface area (Å²) in [5.41, 5.74) is 6.95. The van der Waals surface area contributed by atoms with Crippen LogP contribution < -0.4 is 10.9 Å². The molecule has 4 fully saturated rings. The molecule has 8 atom stereocenters. The first-order valence-electron chi connectivity index (χ1n) is 12.9. The van der Waals surface area contributed by atoms with Gasteiger partial charge in [-0.25, -0.2) is 5.43 Å². The van der Waals surface area contributed by atoms with Crippen LogP contribution >= 0.6 is 0 Å². The number of hydrogen-bond donors (Lipinski definition) is 2. The predicted octanol–water partition coefficient (Wildman–Crippen LogP) is 6.09. The summed E-state index contributed by atoms with van der Waals surface area (Å²) in [5, 5.41) is 0. The first-order valence-corrected chi connectivity index (χ1v) is 12.9. The Bertz CT molecular complexity index is 591. The number of carbonyl (C=O) groups excluding carboxylic acids is 1. The average Bonchev–Trinajstić information content (AvgIpc) is 3.07. The molecule has 2 N–H and O–H groups in total. The van der Waals surface area contributed by atoms with E-state index in [0.717, 1.165) is 42.6 Å². The van der Waals surface area contributed by atoms with E-state index >= 15 is 0 Å². The van der Waals surface area contributed by atoms with Gasteiger partial charge < -0.3 is 0 Å². The van der Waals surface area contributed by atoms with E-state index < -0.39 is 0 Å². The summed E-state index contributed by atoms with van der Waals surface area (Å²) in [6.45, 7) is 10.6. The van der Waals surface area contributed by atoms with Gasteiger partial charge in [-0.15, -0.1) is 0 Å². The van der Waals surface area contributed by atoms with E-state index in [1.54, 1.807) is 0 Å². The zero-order chi connectivity index (χ0) is 20.6. The Morgan fingerprint density at radius 3 is 2.55 bits per heavy atom. The molecule has 4 aliphatic rings. The molecule has 3 heteroatoms. The minimum Gasteiger partial charge on any atom is -0.292 e. The molecule has 0 spiro atoms. The summed E-state index contributed by atoms with van der Waals surface area (Å²) in [4.78, 5) is 12.1. The van der Waals surface area contributed by atoms with E-state index in [1.165, 1.54) is 64.2 Å². The zero-order valence-electron chi connectivity index (χ0n) is 19.6. The molecule has 0 aliphatic heterocycles. The molecule has 166 valence electrons. The summed E-state index contributed by atoms with van der Waals surface area (Å²) in [5.74, 6) is 5.59. The molecule has 3 nitrogen and oxygen atoms in total. The summed E-state index contributed by atoms with van der Waals surface area (Å²) in [6, 6.07) is 0. The fraction of sp³-hybridized carbons (Fsp3) is 0.962. The first-order chi connectivity index (χ1) is 13.9. The first kappa shape index (κ1) is 21.7. The summed E-state index contributed by atoms with van der Waals surface area (Å²) < 4.78 is 0. The highest BCUT2D eigenvalue weighted by molar-refractivity contribution is 5.75. The summed E-state index contributed by atoms with van der Waals surface area (Å²) in [7, 11) is 0. The number of hydrogen-bond acceptors (Lipinski definition) is 2. The van der Waals surface area contributed by atoms with Crippen molar-refractivity contribution in [3.8, 4) is 0 Å². The molecular weight excluding hydrogens is 356 g/mol. The lowest BCUT2D eigenvalue weighted by molar-refractivity contribution is -0.123. The molecule has 0 aromatic carbocycles. The van der Waals surface area contributed by atoms with Crippen LogP contribution in [0.15, 0.2) is 0 Å². The maximum atomic E-state index is 12.1. The largest absolute Gasteiger partial charge is 0.292 e. The van der Waals surface area contributed by atoms with Crippen molar-refractivity contribution in [2.75, 3.05) is 6.54 Å². The molecule has 29 heavy (non-hydrogen) atoms. The molecule has 0 saturated heterocycles. The molecule has 4 saturated carbocycles. The minimum absolute atomic E-state index is 0.158. The standard InChI is InChI=1S/C26H46N2O/c1-5-27-28-24(29)14-9-18(2)21-12-13-22-20-11-10-19-8-6-7-16-25(19,3)23(20)15-17-26(21,22)4/h18-23,27H,5-17H2,1-4H3,(H,28,29)/t18-,19?,20+,21-,22+,23+,25+,26-/m1/s1. The van der Waals surface area contributed by atoms with Gasteiger partial charge in [0.15, 0.2) is 0 Å². The van der Waals surface area contributed by atoms with Crippen molar-refractivity contribution in [1.82, 2.24) is 10.9 Å². The van der Waals surface area contributed by atoms with E-state index in [1.807, 2.05) is 6.92 Å². The Morgan fingerprint density at radius 2 is 1.76 bits per heavy atom. The predicted molar refractivity (Wildman–Crippen MR) is 120 cm³/mol. The fourth-order valence-corrected chi connectivity index (χ4v) is 9.08. The van der Waals surface area contributed by atoms with Gasteiger partial charge >= 0.3 is 0 Å². The van der Waals surface area contributed by atoms with Crippen LogP contribution in [0.4, 0.5) is 0 Å². The quantitative estimate of drug-likeness (QED) is 0.528. The highest BCUT2D eigenvalue weighted by Gasteiger charge is 2.60. The third-order valence-corrected chi connectivity index (χ3v) is 10.6. The van der Waals surface area contributed by atoms with Crippen LogP contribution in [0, 0.1) is 46.3 Å². The van der Waals surface area contributed by atoms with Crippen molar-refractivity contribution in [2.24, 2.45) is 46.3 Å². The second-order valence-electron chi connectivity index (χ2n) is 11.7. The molecule has 4 aliphatic carbocycles. The molecule has 0 bridgehead atoms. The number of amides is 1. The molecule has 0 heterocycles. The lowest BCUT2D eigenvalue weighted by atomic mass is 9.44. The van der Waals surface area contributed by atoms with Gasteiger partial charge in [0.2, 0.25) is 5.91 Å². The Hall–Kier alpha value is -0.570. The second kappa shape index (κ2) is 8.52. The molecule has 1 amide bonds. The van der Waals surface area contributed by atoms with E-state index in [9.17, 15) is 4.79 Å². The van der Waals surface area contributed by atoms with Crippen molar-refractivity contribution in [3.63, 3.8) is 0 Å². The molecule has 1 unspecified atom stereocenters. The Balaban J connectivity index is 1.42. The van der Waals surface area contributed by atoms with E-state index in [0.29, 0.717) is 23.2 Å². The number of nitrogens with one attached hydrogen (secondary N) is 2. The van der Waals surface area contributed by atoms with Crippen molar-refractivity contribution in [3.05, 3.63) is 0 Å². The molecule has 0 aromatic heterocycles. The molecule has 0 aromatic rings. The highest BCUT2D eigenvalue weighted by Crippen LogP contribution is 2.68. The number of rotatable bonds is 6. The number of carbonyl (C=O) groups is 1. The third kappa shape index (κ3) is 3.79. The van der Waals surface area contributed by atoms with Gasteiger partial charge in [-0.1, -0.05) is 40.5 Å². The monoisotopic (exact) mass is 402 g/mol. The van der Waals surface area contributed by atoms with Crippen LogP contribution in [0.25, 0.3) is 0 Å². The minimum atomic E-state index is 0.158. The zero-order valence-corrected chi connectivity index (χ0v) is 19.6. The Morgan fingerprint density at radius 1 is 0.966 bits per heavy atom. The van der Waals surface area contributed by atoms with Gasteiger partial charge in [0.25, 0.3) is 0 Å². The molecular formula is C26H46N2O. The van der Waals surface area contributed by atoms with E-state index in [-0.39, 0.29) is 5.91 Å². The number of hydrazine groups is 1. The normalized spacial score (nSPS) is 45.0. The Labute approximate surface area is 179 Å². The van der Waals surface area contributed by atoms with Crippen LogP contribution in [0.2, 0.25) is 0 Å². The van der Waals surface area contributed by atoms with Crippen LogP contribution in [0.5, 0.6) is 0 Å². The van der Waals surface area contributed by atoms with Crippen LogP contribution in [0.1, 0.15) is 105 Å². The molecule has 4 rings (SSSR count). The van der Waals surface area contributed by atoms with Gasteiger partial charge in [-0.2, -0.15) is 0 Å². The maximum Gasteiger partial charge on any atom is 0.234 e. The van der Waals surface area contributed by atoms with Crippen molar-refractivity contribution in [2.45, 2.75) is 105 Å². The fourth-order valence-electron chi connectivity index (χ4n) is 9.08. The van der Waals surface area contributed by atoms with Gasteiger partial charge in [0, 0.05) is 13.0 Å². The van der Waals surface area contributed by atoms with Gasteiger partial charge in [-0.3, -0.25) is 10.2 Å². The van der Waals surface area contributed by atoms with Gasteiger partial charge in [0.1, 0.15) is 0 Å². The SMILES string of the molecule is CCNNC(=O)CC[C@@H](C)[C@H]1CC[C@H]2[C@@H]3CCC4CCCC[C@]4(C)[C@H]3CC[C@]12C. The van der Waals surface area contributed by atoms with Crippen molar-refractivity contribution >= 4 is 5.91 Å². The lowest BCUT2D eigenvalue weighted by Gasteiger charge is -2.61. The third-order valence-electron chi connectivity index (χ3n) is 10.6. The summed E-state index contributed by atoms with van der Waals surface area (Å²) >= 11 is 0. The Kier molecular flexibility index (Phi) is 6.36. The van der Waals surface area contributed by atoms with Crippen LogP contribution in [0.3, 0.4) is 0 Å². The van der Waals surface area contributed by atoms with Crippen molar-refractivity contribution < 1.29 is 4.79 Å². The number of fused-ring (bicyclic) bond motifs is 5. The van der Waals surface area contributed by atoms with Gasteiger partial charge in [0.05, 0.1) is 0 Å². The van der Waals surface area contributed by atoms with Crippen LogP contribution in [-0.4, -0.2) is 12.5 Å². The van der Waals surface area contributed by atoms with Crippen LogP contribution in [-0.2, 0) is 4.79 Å². The van der Waals surface area contributed by atoms with E-state index in [2.05, 4.69) is 31.6 Å². The second-order valence-corrected chi connectivity index (χ2v) is 11.7.